The Morgan fingerprint density at radius 3 is 1.81 bits per heavy atom. The van der Waals surface area contributed by atoms with Crippen LogP contribution >= 0.6 is 0 Å². The molecule has 0 atom stereocenters. The second-order valence-corrected chi connectivity index (χ2v) is 10.0. The first kappa shape index (κ1) is 29.0. The van der Waals surface area contributed by atoms with E-state index < -0.39 is 5.60 Å². The molecule has 1 aliphatic heterocycles. The number of rotatable bonds is 15. The number of methoxy groups -OCH3 is 2. The van der Waals surface area contributed by atoms with Crippen molar-refractivity contribution >= 4 is 5.97 Å². The van der Waals surface area contributed by atoms with Crippen molar-refractivity contribution in [2.75, 3.05) is 40.5 Å². The molecule has 0 aliphatic carbocycles. The maximum absolute atomic E-state index is 12.2. The lowest BCUT2D eigenvalue weighted by molar-refractivity contribution is -0.143. The smallest absolute Gasteiger partial charge is 0.305 e. The number of piperidine rings is 1. The van der Waals surface area contributed by atoms with E-state index in [-0.39, 0.29) is 11.9 Å². The van der Waals surface area contributed by atoms with Crippen LogP contribution < -0.4 is 9.47 Å². The van der Waals surface area contributed by atoms with E-state index in [9.17, 15) is 9.90 Å². The van der Waals surface area contributed by atoms with E-state index in [2.05, 4.69) is 4.90 Å². The zero-order valence-electron chi connectivity index (χ0n) is 22.9. The highest BCUT2D eigenvalue weighted by molar-refractivity contribution is 5.69. The van der Waals surface area contributed by atoms with Crippen LogP contribution in [0.3, 0.4) is 0 Å². The van der Waals surface area contributed by atoms with E-state index in [0.717, 1.165) is 67.9 Å². The van der Waals surface area contributed by atoms with Crippen LogP contribution in [-0.4, -0.2) is 56.4 Å². The van der Waals surface area contributed by atoms with Crippen molar-refractivity contribution in [3.05, 3.63) is 59.7 Å². The molecule has 6 heteroatoms. The van der Waals surface area contributed by atoms with Crippen molar-refractivity contribution in [2.24, 2.45) is 5.92 Å². The molecule has 1 aliphatic rings. The van der Waals surface area contributed by atoms with Gasteiger partial charge in [0.05, 0.1) is 20.8 Å². The average molecular weight is 512 g/mol. The van der Waals surface area contributed by atoms with Crippen molar-refractivity contribution in [1.29, 1.82) is 0 Å². The van der Waals surface area contributed by atoms with Crippen LogP contribution in [0.15, 0.2) is 48.5 Å². The molecule has 0 spiro atoms. The van der Waals surface area contributed by atoms with Gasteiger partial charge in [0.25, 0.3) is 0 Å². The minimum absolute atomic E-state index is 0.0724. The first-order chi connectivity index (χ1) is 18.0. The Balaban J connectivity index is 1.49. The summed E-state index contributed by atoms with van der Waals surface area (Å²) in [5.41, 5.74) is 0.744. The van der Waals surface area contributed by atoms with Gasteiger partial charge in [0.2, 0.25) is 0 Å². The third kappa shape index (κ3) is 8.21. The van der Waals surface area contributed by atoms with Crippen LogP contribution in [0.5, 0.6) is 11.5 Å². The molecule has 0 aromatic heterocycles. The van der Waals surface area contributed by atoms with Crippen LogP contribution in [0.4, 0.5) is 0 Å². The molecule has 0 unspecified atom stereocenters. The molecule has 37 heavy (non-hydrogen) atoms. The molecule has 1 fully saturated rings. The van der Waals surface area contributed by atoms with Crippen LogP contribution in [0.2, 0.25) is 0 Å². The molecule has 1 N–H and O–H groups in total. The molecule has 6 nitrogen and oxygen atoms in total. The van der Waals surface area contributed by atoms with E-state index in [4.69, 9.17) is 14.2 Å². The van der Waals surface area contributed by atoms with Gasteiger partial charge >= 0.3 is 5.97 Å². The largest absolute Gasteiger partial charge is 0.497 e. The normalized spacial score (nSPS) is 14.9. The fourth-order valence-corrected chi connectivity index (χ4v) is 5.45. The van der Waals surface area contributed by atoms with Gasteiger partial charge in [-0.3, -0.25) is 4.79 Å². The van der Waals surface area contributed by atoms with Crippen LogP contribution in [0, 0.1) is 5.92 Å². The van der Waals surface area contributed by atoms with E-state index in [1.807, 2.05) is 55.5 Å². The Labute approximate surface area is 222 Å². The Bertz CT molecular complexity index is 872. The predicted octanol–water partition coefficient (Wildman–Crippen LogP) is 5.95. The summed E-state index contributed by atoms with van der Waals surface area (Å²) in [7, 11) is 3.32. The van der Waals surface area contributed by atoms with Crippen LogP contribution in [0.1, 0.15) is 75.8 Å². The molecular formula is C31H45NO5. The highest BCUT2D eigenvalue weighted by Gasteiger charge is 2.41. The molecule has 2 aromatic rings. The molecule has 1 heterocycles. The number of aliphatic hydroxyl groups is 1. The number of unbranched alkanes of at least 4 members (excludes halogenated alkanes) is 5. The van der Waals surface area contributed by atoms with Gasteiger partial charge in [0.1, 0.15) is 17.1 Å². The standard InChI is InChI=1S/C31H45NO5/c1-4-37-30(33)11-9-7-5-6-8-10-22-32-23-20-27(21-24-32)31(34,25-12-16-28(35-2)17-13-25)26-14-18-29(36-3)19-15-26/h12-19,27,34H,4-11,20-24H2,1-3H3. The molecule has 2 aromatic carbocycles. The van der Waals surface area contributed by atoms with Crippen LogP contribution in [-0.2, 0) is 15.1 Å². The Kier molecular flexibility index (Phi) is 11.7. The molecular weight excluding hydrogens is 466 g/mol. The molecule has 0 amide bonds. The van der Waals surface area contributed by atoms with Crippen molar-refractivity contribution in [2.45, 2.75) is 70.3 Å². The van der Waals surface area contributed by atoms with Gasteiger partial charge in [-0.25, -0.2) is 0 Å². The molecule has 0 bridgehead atoms. The molecule has 0 saturated carbocycles. The maximum atomic E-state index is 12.2. The first-order valence-electron chi connectivity index (χ1n) is 13.9. The number of carbonyl (C=O) groups excluding carboxylic acids is 1. The number of hydrogen-bond donors (Lipinski definition) is 1. The summed E-state index contributed by atoms with van der Waals surface area (Å²) >= 11 is 0. The highest BCUT2D eigenvalue weighted by atomic mass is 16.5. The summed E-state index contributed by atoms with van der Waals surface area (Å²) in [4.78, 5) is 13.9. The number of ether oxygens (including phenoxy) is 3. The minimum atomic E-state index is -1.06. The lowest BCUT2D eigenvalue weighted by Crippen LogP contribution is -2.44. The summed E-state index contributed by atoms with van der Waals surface area (Å²) in [5, 5.41) is 12.2. The van der Waals surface area contributed by atoms with Crippen molar-refractivity contribution < 1.29 is 24.1 Å². The monoisotopic (exact) mass is 511 g/mol. The van der Waals surface area contributed by atoms with Gasteiger partial charge in [0, 0.05) is 6.42 Å². The topological polar surface area (TPSA) is 68.2 Å². The summed E-state index contributed by atoms with van der Waals surface area (Å²) in [5.74, 6) is 1.63. The van der Waals surface area contributed by atoms with Gasteiger partial charge in [0.15, 0.2) is 0 Å². The third-order valence-corrected chi connectivity index (χ3v) is 7.65. The number of likely N-dealkylation sites (tertiary alicyclic amines) is 1. The Morgan fingerprint density at radius 2 is 1.32 bits per heavy atom. The van der Waals surface area contributed by atoms with Gasteiger partial charge in [-0.05, 0) is 93.6 Å². The molecule has 1 saturated heterocycles. The number of nitrogens with zero attached hydrogens (tertiary/aromatic N) is 1. The Hall–Kier alpha value is -2.57. The summed E-state index contributed by atoms with van der Waals surface area (Å²) in [6, 6.07) is 15.7. The summed E-state index contributed by atoms with van der Waals surface area (Å²) in [6.45, 7) is 5.43. The number of benzene rings is 2. The average Bonchev–Trinajstić information content (AvgIpc) is 2.94. The zero-order chi connectivity index (χ0) is 26.5. The van der Waals surface area contributed by atoms with Gasteiger partial charge in [-0.2, -0.15) is 0 Å². The minimum Gasteiger partial charge on any atom is -0.497 e. The lowest BCUT2D eigenvalue weighted by atomic mass is 9.72. The lowest BCUT2D eigenvalue weighted by Gasteiger charge is -2.42. The highest BCUT2D eigenvalue weighted by Crippen LogP contribution is 2.42. The Morgan fingerprint density at radius 1 is 0.838 bits per heavy atom. The second kappa shape index (κ2) is 15.0. The second-order valence-electron chi connectivity index (χ2n) is 10.0. The van der Waals surface area contributed by atoms with Crippen LogP contribution in [0.25, 0.3) is 0 Å². The van der Waals surface area contributed by atoms with Gasteiger partial charge in [-0.15, -0.1) is 0 Å². The predicted molar refractivity (Wildman–Crippen MR) is 147 cm³/mol. The number of hydrogen-bond acceptors (Lipinski definition) is 6. The van der Waals surface area contributed by atoms with Crippen molar-refractivity contribution in [3.63, 3.8) is 0 Å². The zero-order valence-corrected chi connectivity index (χ0v) is 22.9. The summed E-state index contributed by atoms with van der Waals surface area (Å²) < 4.78 is 15.7. The number of carbonyl (C=O) groups is 1. The molecule has 3 rings (SSSR count). The number of esters is 1. The molecule has 204 valence electrons. The fourth-order valence-electron chi connectivity index (χ4n) is 5.45. The van der Waals surface area contributed by atoms with Crippen molar-refractivity contribution in [1.82, 2.24) is 4.90 Å². The van der Waals surface area contributed by atoms with E-state index >= 15 is 0 Å². The van der Waals surface area contributed by atoms with E-state index in [0.29, 0.717) is 13.0 Å². The van der Waals surface area contributed by atoms with Gasteiger partial charge in [-0.1, -0.05) is 49.9 Å². The van der Waals surface area contributed by atoms with Crippen molar-refractivity contribution in [3.8, 4) is 11.5 Å². The molecule has 0 radical (unpaired) electrons. The van der Waals surface area contributed by atoms with Gasteiger partial charge < -0.3 is 24.2 Å². The quantitative estimate of drug-likeness (QED) is 0.236. The SMILES string of the molecule is CCOC(=O)CCCCCCCCN1CCC(C(O)(c2ccc(OC)cc2)c2ccc(OC)cc2)CC1. The third-order valence-electron chi connectivity index (χ3n) is 7.65. The van der Waals surface area contributed by atoms with E-state index in [1.54, 1.807) is 14.2 Å². The first-order valence-corrected chi connectivity index (χ1v) is 13.9. The van der Waals surface area contributed by atoms with E-state index in [1.165, 1.54) is 25.7 Å². The fraction of sp³-hybridized carbons (Fsp3) is 0.581. The summed E-state index contributed by atoms with van der Waals surface area (Å²) in [6.07, 6.45) is 9.28. The maximum Gasteiger partial charge on any atom is 0.305 e.